The quantitative estimate of drug-likeness (QED) is 0.441. The third-order valence-electron chi connectivity index (χ3n) is 3.97. The number of aromatic nitrogens is 4. The SMILES string of the molecule is O=C(NCCNC(=O)c1n[nH]c2ccccc12)c1cnc2sccn2c1=O. The van der Waals surface area contributed by atoms with Crippen LogP contribution in [0.2, 0.25) is 0 Å². The molecular formula is C17H14N6O3S. The molecule has 3 N–H and O–H groups in total. The minimum absolute atomic E-state index is 0.0458. The van der Waals surface area contributed by atoms with Crippen molar-refractivity contribution in [1.29, 1.82) is 0 Å². The molecule has 27 heavy (non-hydrogen) atoms. The summed E-state index contributed by atoms with van der Waals surface area (Å²) in [5.74, 6) is -0.879. The zero-order valence-corrected chi connectivity index (χ0v) is 14.7. The first kappa shape index (κ1) is 16.9. The molecule has 2 amide bonds. The Balaban J connectivity index is 1.35. The van der Waals surface area contributed by atoms with Crippen LogP contribution in [0.25, 0.3) is 15.9 Å². The van der Waals surface area contributed by atoms with E-state index >= 15 is 0 Å². The number of H-pyrrole nitrogens is 1. The number of benzene rings is 1. The van der Waals surface area contributed by atoms with Crippen molar-refractivity contribution in [3.05, 3.63) is 63.7 Å². The van der Waals surface area contributed by atoms with Crippen molar-refractivity contribution >= 4 is 39.0 Å². The molecule has 1 aromatic carbocycles. The maximum Gasteiger partial charge on any atom is 0.272 e. The second-order valence-corrected chi connectivity index (χ2v) is 6.54. The molecule has 136 valence electrons. The summed E-state index contributed by atoms with van der Waals surface area (Å²) in [7, 11) is 0. The van der Waals surface area contributed by atoms with Gasteiger partial charge in [-0.15, -0.1) is 11.3 Å². The lowest BCUT2D eigenvalue weighted by molar-refractivity contribution is 0.0925. The molecule has 0 bridgehead atoms. The Morgan fingerprint density at radius 2 is 1.93 bits per heavy atom. The average molecular weight is 382 g/mol. The summed E-state index contributed by atoms with van der Waals surface area (Å²) in [6.07, 6.45) is 2.83. The normalized spacial score (nSPS) is 11.0. The van der Waals surface area contributed by atoms with Crippen molar-refractivity contribution in [1.82, 2.24) is 30.2 Å². The summed E-state index contributed by atoms with van der Waals surface area (Å²) in [5.41, 5.74) is 0.594. The molecule has 9 nitrogen and oxygen atoms in total. The van der Waals surface area contributed by atoms with E-state index in [0.29, 0.717) is 10.7 Å². The van der Waals surface area contributed by atoms with Crippen LogP contribution in [0, 0.1) is 0 Å². The summed E-state index contributed by atoms with van der Waals surface area (Å²) >= 11 is 1.31. The Morgan fingerprint density at radius 3 is 2.78 bits per heavy atom. The highest BCUT2D eigenvalue weighted by atomic mass is 32.1. The lowest BCUT2D eigenvalue weighted by Gasteiger charge is -2.06. The summed E-state index contributed by atoms with van der Waals surface area (Å²) < 4.78 is 1.32. The number of amides is 2. The van der Waals surface area contributed by atoms with Crippen LogP contribution < -0.4 is 16.2 Å². The number of hydrogen-bond acceptors (Lipinski definition) is 6. The van der Waals surface area contributed by atoms with Crippen molar-refractivity contribution in [3.8, 4) is 0 Å². The Bertz CT molecular complexity index is 1210. The zero-order chi connectivity index (χ0) is 18.8. The number of thiazole rings is 1. The Morgan fingerprint density at radius 1 is 1.15 bits per heavy atom. The Labute approximate surface area is 156 Å². The fraction of sp³-hybridized carbons (Fsp3) is 0.118. The van der Waals surface area contributed by atoms with E-state index < -0.39 is 11.5 Å². The van der Waals surface area contributed by atoms with Crippen LogP contribution in [-0.2, 0) is 0 Å². The van der Waals surface area contributed by atoms with Crippen LogP contribution in [0.1, 0.15) is 20.8 Å². The molecule has 0 saturated heterocycles. The topological polar surface area (TPSA) is 121 Å². The summed E-state index contributed by atoms with van der Waals surface area (Å²) in [5, 5.41) is 14.6. The van der Waals surface area contributed by atoms with Gasteiger partial charge < -0.3 is 10.6 Å². The largest absolute Gasteiger partial charge is 0.350 e. The maximum atomic E-state index is 12.2. The third kappa shape index (κ3) is 3.17. The smallest absolute Gasteiger partial charge is 0.272 e. The van der Waals surface area contributed by atoms with Gasteiger partial charge in [-0.3, -0.25) is 23.9 Å². The molecule has 3 aromatic heterocycles. The van der Waals surface area contributed by atoms with Gasteiger partial charge in [-0.2, -0.15) is 5.10 Å². The zero-order valence-electron chi connectivity index (χ0n) is 13.9. The van der Waals surface area contributed by atoms with Crippen LogP contribution in [0.3, 0.4) is 0 Å². The van der Waals surface area contributed by atoms with Crippen molar-refractivity contribution in [2.75, 3.05) is 13.1 Å². The molecular weight excluding hydrogens is 368 g/mol. The summed E-state index contributed by atoms with van der Waals surface area (Å²) in [6, 6.07) is 7.31. The first-order chi connectivity index (χ1) is 13.1. The van der Waals surface area contributed by atoms with E-state index in [1.54, 1.807) is 17.6 Å². The number of carbonyl (C=O) groups is 2. The molecule has 0 saturated carbocycles. The molecule has 4 rings (SSSR count). The van der Waals surface area contributed by atoms with Gasteiger partial charge in [0.15, 0.2) is 10.7 Å². The molecule has 10 heteroatoms. The van der Waals surface area contributed by atoms with E-state index in [-0.39, 0.29) is 24.6 Å². The number of hydrogen-bond donors (Lipinski definition) is 3. The Hall–Kier alpha value is -3.53. The maximum absolute atomic E-state index is 12.2. The monoisotopic (exact) mass is 382 g/mol. The second-order valence-electron chi connectivity index (χ2n) is 5.66. The Kier molecular flexibility index (Phi) is 4.38. The molecule has 0 fully saturated rings. The molecule has 0 spiro atoms. The molecule has 4 aromatic rings. The number of aromatic amines is 1. The molecule has 0 atom stereocenters. The average Bonchev–Trinajstić information content (AvgIpc) is 3.32. The number of rotatable bonds is 5. The molecule has 0 aliphatic rings. The van der Waals surface area contributed by atoms with E-state index in [1.165, 1.54) is 21.9 Å². The molecule has 0 radical (unpaired) electrons. The predicted molar refractivity (Wildman–Crippen MR) is 100 cm³/mol. The van der Waals surface area contributed by atoms with E-state index in [0.717, 1.165) is 10.9 Å². The van der Waals surface area contributed by atoms with Crippen molar-refractivity contribution in [3.63, 3.8) is 0 Å². The minimum Gasteiger partial charge on any atom is -0.350 e. The fourth-order valence-corrected chi connectivity index (χ4v) is 3.32. The highest BCUT2D eigenvalue weighted by Crippen LogP contribution is 2.14. The van der Waals surface area contributed by atoms with Gasteiger partial charge in [-0.05, 0) is 6.07 Å². The van der Waals surface area contributed by atoms with Crippen molar-refractivity contribution < 1.29 is 9.59 Å². The fourth-order valence-electron chi connectivity index (χ4n) is 2.65. The number of para-hydroxylation sites is 1. The van der Waals surface area contributed by atoms with Crippen LogP contribution in [0.5, 0.6) is 0 Å². The number of fused-ring (bicyclic) bond motifs is 2. The van der Waals surface area contributed by atoms with Gasteiger partial charge in [0.2, 0.25) is 0 Å². The van der Waals surface area contributed by atoms with Gasteiger partial charge in [0, 0.05) is 36.2 Å². The number of nitrogens with one attached hydrogen (secondary N) is 3. The van der Waals surface area contributed by atoms with E-state index in [2.05, 4.69) is 25.8 Å². The van der Waals surface area contributed by atoms with Crippen LogP contribution in [0.4, 0.5) is 0 Å². The molecule has 0 unspecified atom stereocenters. The first-order valence-electron chi connectivity index (χ1n) is 8.09. The predicted octanol–water partition coefficient (Wildman–Crippen LogP) is 0.792. The number of carbonyl (C=O) groups excluding carboxylic acids is 2. The summed E-state index contributed by atoms with van der Waals surface area (Å²) in [4.78, 5) is 41.3. The van der Waals surface area contributed by atoms with Crippen LogP contribution >= 0.6 is 11.3 Å². The van der Waals surface area contributed by atoms with E-state index in [9.17, 15) is 14.4 Å². The van der Waals surface area contributed by atoms with Gasteiger partial charge in [0.25, 0.3) is 17.4 Å². The van der Waals surface area contributed by atoms with Gasteiger partial charge in [0.1, 0.15) is 5.56 Å². The van der Waals surface area contributed by atoms with Crippen LogP contribution in [0.15, 0.2) is 46.8 Å². The van der Waals surface area contributed by atoms with Gasteiger partial charge in [-0.25, -0.2) is 4.98 Å². The standard InChI is InChI=1S/C17H14N6O3S/c24-14(11-9-20-17-23(16(11)26)7-8-27-17)18-5-6-19-15(25)13-10-3-1-2-4-12(10)21-22-13/h1-4,7-9H,5-6H2,(H,18,24)(H,19,25)(H,21,22). The molecule has 0 aliphatic heterocycles. The first-order valence-corrected chi connectivity index (χ1v) is 8.97. The molecule has 0 aliphatic carbocycles. The van der Waals surface area contributed by atoms with Crippen molar-refractivity contribution in [2.45, 2.75) is 0 Å². The number of nitrogens with zero attached hydrogens (tertiary/aromatic N) is 3. The van der Waals surface area contributed by atoms with Crippen LogP contribution in [-0.4, -0.2) is 44.5 Å². The van der Waals surface area contributed by atoms with Gasteiger partial charge in [-0.1, -0.05) is 18.2 Å². The van der Waals surface area contributed by atoms with Gasteiger partial charge >= 0.3 is 0 Å². The van der Waals surface area contributed by atoms with Crippen molar-refractivity contribution in [2.24, 2.45) is 0 Å². The second kappa shape index (κ2) is 7.00. The minimum atomic E-state index is -0.535. The summed E-state index contributed by atoms with van der Waals surface area (Å²) in [6.45, 7) is 0.361. The lowest BCUT2D eigenvalue weighted by Crippen LogP contribution is -2.37. The van der Waals surface area contributed by atoms with Gasteiger partial charge in [0.05, 0.1) is 5.52 Å². The van der Waals surface area contributed by atoms with E-state index in [4.69, 9.17) is 0 Å². The highest BCUT2D eigenvalue weighted by molar-refractivity contribution is 7.15. The lowest BCUT2D eigenvalue weighted by atomic mass is 10.2. The van der Waals surface area contributed by atoms with E-state index in [1.807, 2.05) is 18.2 Å². The third-order valence-corrected chi connectivity index (χ3v) is 4.74. The molecule has 3 heterocycles. The highest BCUT2D eigenvalue weighted by Gasteiger charge is 2.15.